The molecular weight excluding hydrogens is 218 g/mol. The van der Waals surface area contributed by atoms with E-state index in [1.165, 1.54) is 12.3 Å². The van der Waals surface area contributed by atoms with Gasteiger partial charge in [0, 0.05) is 11.6 Å². The van der Waals surface area contributed by atoms with Crippen LogP contribution in [0.25, 0.3) is 0 Å². The molecule has 0 unspecified atom stereocenters. The van der Waals surface area contributed by atoms with Gasteiger partial charge in [0.2, 0.25) is 5.88 Å². The van der Waals surface area contributed by atoms with E-state index < -0.39 is 6.09 Å². The number of rotatable bonds is 1. The highest BCUT2D eigenvalue weighted by molar-refractivity contribution is 6.30. The van der Waals surface area contributed by atoms with Crippen LogP contribution in [0.2, 0.25) is 5.02 Å². The van der Waals surface area contributed by atoms with Crippen LogP contribution in [0.15, 0.2) is 12.3 Å². The molecule has 0 atom stereocenters. The lowest BCUT2D eigenvalue weighted by atomic mass is 10.1. The van der Waals surface area contributed by atoms with Gasteiger partial charge in [-0.05, 0) is 20.8 Å². The average Bonchev–Trinajstić information content (AvgIpc) is 1.99. The maximum Gasteiger partial charge on any atom is 0.414 e. The van der Waals surface area contributed by atoms with Crippen molar-refractivity contribution < 1.29 is 9.53 Å². The topological polar surface area (TPSA) is 64.1 Å². The van der Waals surface area contributed by atoms with Crippen LogP contribution >= 0.6 is 11.6 Å². The molecule has 1 N–H and O–H groups in total. The maximum absolute atomic E-state index is 11.3. The third-order valence-corrected chi connectivity index (χ3v) is 1.48. The SMILES string of the molecule is CC(C)(C)NC(=O)Oc1cc(Cl)cnn1. The number of nitrogens with zero attached hydrogens (tertiary/aromatic N) is 2. The Labute approximate surface area is 92.8 Å². The second-order valence-electron chi connectivity index (χ2n) is 3.98. The van der Waals surface area contributed by atoms with Gasteiger partial charge < -0.3 is 10.1 Å². The minimum atomic E-state index is -0.584. The molecule has 15 heavy (non-hydrogen) atoms. The van der Waals surface area contributed by atoms with Gasteiger partial charge in [0.25, 0.3) is 0 Å². The molecular formula is C9H12ClN3O2. The molecule has 0 spiro atoms. The van der Waals surface area contributed by atoms with Crippen LogP contribution in [0.3, 0.4) is 0 Å². The standard InChI is InChI=1S/C9H12ClN3O2/c1-9(2,3)12-8(14)15-7-4-6(10)5-11-13-7/h4-5H,1-3H3,(H,12,14). The molecule has 0 aliphatic carbocycles. The summed E-state index contributed by atoms with van der Waals surface area (Å²) in [6.07, 6.45) is 0.773. The maximum atomic E-state index is 11.3. The second-order valence-corrected chi connectivity index (χ2v) is 4.41. The summed E-state index contributed by atoms with van der Waals surface area (Å²) in [5.41, 5.74) is -0.358. The summed E-state index contributed by atoms with van der Waals surface area (Å²) >= 11 is 5.65. The van der Waals surface area contributed by atoms with Gasteiger partial charge in [0.1, 0.15) is 0 Å². The lowest BCUT2D eigenvalue weighted by Crippen LogP contribution is -2.42. The summed E-state index contributed by atoms with van der Waals surface area (Å²) in [6.45, 7) is 5.54. The van der Waals surface area contributed by atoms with Crippen molar-refractivity contribution >= 4 is 17.7 Å². The summed E-state index contributed by atoms with van der Waals surface area (Å²) in [5.74, 6) is 0.0734. The summed E-state index contributed by atoms with van der Waals surface area (Å²) in [5, 5.41) is 10.1. The molecule has 1 amide bonds. The van der Waals surface area contributed by atoms with Crippen molar-refractivity contribution in [3.63, 3.8) is 0 Å². The number of halogens is 1. The lowest BCUT2D eigenvalue weighted by Gasteiger charge is -2.19. The highest BCUT2D eigenvalue weighted by Crippen LogP contribution is 2.12. The first-order valence-corrected chi connectivity index (χ1v) is 4.73. The zero-order valence-electron chi connectivity index (χ0n) is 8.74. The summed E-state index contributed by atoms with van der Waals surface area (Å²) in [7, 11) is 0. The third-order valence-electron chi connectivity index (χ3n) is 1.27. The van der Waals surface area contributed by atoms with Gasteiger partial charge in [-0.3, -0.25) is 0 Å². The Morgan fingerprint density at radius 1 is 1.53 bits per heavy atom. The van der Waals surface area contributed by atoms with Crippen LogP contribution in [-0.2, 0) is 0 Å². The van der Waals surface area contributed by atoms with Crippen LogP contribution < -0.4 is 10.1 Å². The largest absolute Gasteiger partial charge is 0.414 e. The van der Waals surface area contributed by atoms with E-state index in [1.54, 1.807) is 0 Å². The number of carbonyl (C=O) groups excluding carboxylic acids is 1. The van der Waals surface area contributed by atoms with Crippen LogP contribution in [0.5, 0.6) is 5.88 Å². The zero-order valence-corrected chi connectivity index (χ0v) is 9.50. The Bertz CT molecular complexity index is 363. The lowest BCUT2D eigenvalue weighted by molar-refractivity contribution is 0.188. The average molecular weight is 230 g/mol. The Morgan fingerprint density at radius 3 is 2.73 bits per heavy atom. The van der Waals surface area contributed by atoms with Gasteiger partial charge >= 0.3 is 6.09 Å². The highest BCUT2D eigenvalue weighted by atomic mass is 35.5. The van der Waals surface area contributed by atoms with E-state index in [0.29, 0.717) is 5.02 Å². The molecule has 1 aromatic rings. The Kier molecular flexibility index (Phi) is 3.47. The minimum Gasteiger partial charge on any atom is -0.390 e. The van der Waals surface area contributed by atoms with Gasteiger partial charge in [-0.1, -0.05) is 11.6 Å². The van der Waals surface area contributed by atoms with Crippen molar-refractivity contribution in [2.45, 2.75) is 26.3 Å². The first-order chi connectivity index (χ1) is 6.87. The van der Waals surface area contributed by atoms with Crippen molar-refractivity contribution in [2.24, 2.45) is 0 Å². The fraction of sp³-hybridized carbons (Fsp3) is 0.444. The van der Waals surface area contributed by atoms with Crippen molar-refractivity contribution in [3.05, 3.63) is 17.3 Å². The van der Waals surface area contributed by atoms with E-state index in [4.69, 9.17) is 16.3 Å². The molecule has 1 rings (SSSR count). The molecule has 0 aliphatic heterocycles. The number of nitrogens with one attached hydrogen (secondary N) is 1. The molecule has 82 valence electrons. The fourth-order valence-electron chi connectivity index (χ4n) is 0.802. The predicted octanol–water partition coefficient (Wildman–Crippen LogP) is 2.02. The fourth-order valence-corrected chi connectivity index (χ4v) is 0.939. The Balaban J connectivity index is 2.59. The van der Waals surface area contributed by atoms with Crippen LogP contribution in [0.1, 0.15) is 20.8 Å². The summed E-state index contributed by atoms with van der Waals surface area (Å²) in [6, 6.07) is 1.41. The highest BCUT2D eigenvalue weighted by Gasteiger charge is 2.15. The van der Waals surface area contributed by atoms with E-state index in [0.717, 1.165) is 0 Å². The summed E-state index contributed by atoms with van der Waals surface area (Å²) in [4.78, 5) is 11.3. The normalized spacial score (nSPS) is 10.9. The monoisotopic (exact) mass is 229 g/mol. The number of aromatic nitrogens is 2. The molecule has 6 heteroatoms. The van der Waals surface area contributed by atoms with E-state index in [1.807, 2.05) is 20.8 Å². The van der Waals surface area contributed by atoms with E-state index in [-0.39, 0.29) is 11.4 Å². The van der Waals surface area contributed by atoms with Gasteiger partial charge in [-0.25, -0.2) is 4.79 Å². The number of hydrogen-bond acceptors (Lipinski definition) is 4. The third kappa shape index (κ3) is 4.60. The van der Waals surface area contributed by atoms with Gasteiger partial charge in [0.15, 0.2) is 0 Å². The first kappa shape index (κ1) is 11.7. The number of amides is 1. The smallest absolute Gasteiger partial charge is 0.390 e. The van der Waals surface area contributed by atoms with Crippen LogP contribution in [0.4, 0.5) is 4.79 Å². The number of carbonyl (C=O) groups is 1. The molecule has 0 aromatic carbocycles. The van der Waals surface area contributed by atoms with Gasteiger partial charge in [0.05, 0.1) is 11.2 Å². The Morgan fingerprint density at radius 2 is 2.20 bits per heavy atom. The quantitative estimate of drug-likeness (QED) is 0.800. The molecule has 1 aromatic heterocycles. The molecule has 0 bridgehead atoms. The summed E-state index contributed by atoms with van der Waals surface area (Å²) < 4.78 is 4.86. The predicted molar refractivity (Wildman–Crippen MR) is 56.0 cm³/mol. The molecule has 1 heterocycles. The molecule has 0 radical (unpaired) electrons. The van der Waals surface area contributed by atoms with Crippen molar-refractivity contribution in [1.82, 2.24) is 15.5 Å². The van der Waals surface area contributed by atoms with Crippen LogP contribution in [0, 0.1) is 0 Å². The van der Waals surface area contributed by atoms with Crippen molar-refractivity contribution in [3.8, 4) is 5.88 Å². The minimum absolute atomic E-state index is 0.0734. The number of hydrogen-bond donors (Lipinski definition) is 1. The second kappa shape index (κ2) is 4.44. The molecule has 0 saturated carbocycles. The van der Waals surface area contributed by atoms with E-state index >= 15 is 0 Å². The van der Waals surface area contributed by atoms with Gasteiger partial charge in [-0.2, -0.15) is 5.10 Å². The van der Waals surface area contributed by atoms with Gasteiger partial charge in [-0.15, -0.1) is 5.10 Å². The van der Waals surface area contributed by atoms with Crippen LogP contribution in [-0.4, -0.2) is 21.8 Å². The molecule has 0 saturated heterocycles. The van der Waals surface area contributed by atoms with Crippen molar-refractivity contribution in [2.75, 3.05) is 0 Å². The number of ether oxygens (including phenoxy) is 1. The van der Waals surface area contributed by atoms with E-state index in [9.17, 15) is 4.79 Å². The van der Waals surface area contributed by atoms with Crippen molar-refractivity contribution in [1.29, 1.82) is 0 Å². The molecule has 0 aliphatic rings. The zero-order chi connectivity index (χ0) is 11.5. The Hall–Kier alpha value is -1.36. The van der Waals surface area contributed by atoms with E-state index in [2.05, 4.69) is 15.5 Å². The first-order valence-electron chi connectivity index (χ1n) is 4.35. The molecule has 5 nitrogen and oxygen atoms in total. The molecule has 0 fully saturated rings.